The van der Waals surface area contributed by atoms with E-state index < -0.39 is 0 Å². The fourth-order valence-corrected chi connectivity index (χ4v) is 5.51. The predicted octanol–water partition coefficient (Wildman–Crippen LogP) is 6.15. The molecule has 0 bridgehead atoms. The molecule has 2 aliphatic rings. The summed E-state index contributed by atoms with van der Waals surface area (Å²) in [6.07, 6.45) is 7.46. The van der Waals surface area contributed by atoms with E-state index in [1.807, 2.05) is 30.3 Å². The molecular weight excluding hydrogens is 505 g/mol. The molecule has 2 heterocycles. The molecule has 6 nitrogen and oxygen atoms in total. The molecule has 1 atom stereocenters. The van der Waals surface area contributed by atoms with Crippen molar-refractivity contribution in [3.05, 3.63) is 58.1 Å². The van der Waals surface area contributed by atoms with E-state index in [0.717, 1.165) is 62.0 Å². The predicted molar refractivity (Wildman–Crippen MR) is 156 cm³/mol. The van der Waals surface area contributed by atoms with E-state index in [2.05, 4.69) is 27.4 Å². The molecule has 2 N–H and O–H groups in total. The lowest BCUT2D eigenvalue weighted by molar-refractivity contribution is -0.116. The van der Waals surface area contributed by atoms with Crippen molar-refractivity contribution in [1.82, 2.24) is 15.1 Å². The summed E-state index contributed by atoms with van der Waals surface area (Å²) in [6.45, 7) is 8.34. The molecule has 0 unspecified atom stereocenters. The SMILES string of the molecule is C[C@H]1CN(C(CN2CCCCCCC2)=Nc2ccc(NC(=O)CCc3ccc(Cl)cc3Cl)cc2)CCN1. The first-order valence-electron chi connectivity index (χ1n) is 13.6. The molecule has 2 aromatic rings. The van der Waals surface area contributed by atoms with Crippen LogP contribution < -0.4 is 10.6 Å². The summed E-state index contributed by atoms with van der Waals surface area (Å²) in [5.74, 6) is 1.10. The molecule has 0 saturated carbocycles. The molecule has 37 heavy (non-hydrogen) atoms. The third-order valence-corrected chi connectivity index (χ3v) is 7.68. The minimum Gasteiger partial charge on any atom is -0.356 e. The number of amides is 1. The van der Waals surface area contributed by atoms with Crippen molar-refractivity contribution in [3.8, 4) is 0 Å². The maximum Gasteiger partial charge on any atom is 0.224 e. The highest BCUT2D eigenvalue weighted by Gasteiger charge is 2.21. The molecule has 0 aromatic heterocycles. The molecule has 2 aromatic carbocycles. The van der Waals surface area contributed by atoms with Crippen LogP contribution in [0.2, 0.25) is 10.0 Å². The van der Waals surface area contributed by atoms with Crippen LogP contribution in [0, 0.1) is 0 Å². The standard InChI is InChI=1S/C29H39Cl2N5O/c1-22-20-36(18-15-32-22)28(21-35-16-5-3-2-4-6-17-35)33-25-10-12-26(13-11-25)34-29(37)14-8-23-7-9-24(30)19-27(23)31/h7,9-13,19,22,32H,2-6,8,14-18,20-21H2,1H3,(H,34,37)/t22-/m0/s1. The number of likely N-dealkylation sites (tertiary alicyclic amines) is 1. The third kappa shape index (κ3) is 8.99. The van der Waals surface area contributed by atoms with E-state index >= 15 is 0 Å². The van der Waals surface area contributed by atoms with Crippen molar-refractivity contribution in [1.29, 1.82) is 0 Å². The Kier molecular flexibility index (Phi) is 10.7. The first-order chi connectivity index (χ1) is 18.0. The largest absolute Gasteiger partial charge is 0.356 e. The number of aryl methyl sites for hydroxylation is 1. The second-order valence-corrected chi connectivity index (χ2v) is 11.0. The number of nitrogens with one attached hydrogen (secondary N) is 2. The summed E-state index contributed by atoms with van der Waals surface area (Å²) < 4.78 is 0. The van der Waals surface area contributed by atoms with Crippen LogP contribution in [0.3, 0.4) is 0 Å². The minimum absolute atomic E-state index is 0.0464. The number of halogens is 2. The van der Waals surface area contributed by atoms with Crippen LogP contribution in [0.15, 0.2) is 47.5 Å². The molecule has 200 valence electrons. The summed E-state index contributed by atoms with van der Waals surface area (Å²) in [5, 5.41) is 7.71. The van der Waals surface area contributed by atoms with Gasteiger partial charge >= 0.3 is 0 Å². The van der Waals surface area contributed by atoms with E-state index in [1.165, 1.54) is 32.1 Å². The van der Waals surface area contributed by atoms with Crippen LogP contribution >= 0.6 is 23.2 Å². The van der Waals surface area contributed by atoms with Crippen molar-refractivity contribution in [2.24, 2.45) is 4.99 Å². The van der Waals surface area contributed by atoms with Gasteiger partial charge in [0.25, 0.3) is 0 Å². The van der Waals surface area contributed by atoms with Gasteiger partial charge in [0.1, 0.15) is 5.84 Å². The van der Waals surface area contributed by atoms with Crippen LogP contribution in [-0.2, 0) is 11.2 Å². The van der Waals surface area contributed by atoms with E-state index in [-0.39, 0.29) is 5.91 Å². The Bertz CT molecular complexity index is 1050. The second-order valence-electron chi connectivity index (χ2n) is 10.2. The molecule has 8 heteroatoms. The molecule has 1 amide bonds. The Morgan fingerprint density at radius 3 is 2.46 bits per heavy atom. The number of carbonyl (C=O) groups excluding carboxylic acids is 1. The van der Waals surface area contributed by atoms with Gasteiger partial charge in [0.2, 0.25) is 5.91 Å². The number of piperazine rings is 1. The van der Waals surface area contributed by atoms with Gasteiger partial charge in [0.05, 0.1) is 12.2 Å². The number of hydrogen-bond acceptors (Lipinski definition) is 4. The molecule has 4 rings (SSSR count). The number of hydrogen-bond donors (Lipinski definition) is 2. The van der Waals surface area contributed by atoms with Gasteiger partial charge in [-0.3, -0.25) is 9.69 Å². The number of carbonyl (C=O) groups is 1. The maximum atomic E-state index is 12.5. The quantitative estimate of drug-likeness (QED) is 0.324. The van der Waals surface area contributed by atoms with Crippen molar-refractivity contribution >= 4 is 46.3 Å². The molecule has 0 aliphatic carbocycles. The van der Waals surface area contributed by atoms with Crippen LogP contribution in [-0.4, -0.2) is 66.9 Å². The summed E-state index contributed by atoms with van der Waals surface area (Å²) in [6, 6.07) is 13.7. The Morgan fingerprint density at radius 1 is 1.03 bits per heavy atom. The average molecular weight is 545 g/mol. The lowest BCUT2D eigenvalue weighted by Gasteiger charge is -2.36. The normalized spacial score (nSPS) is 19.8. The van der Waals surface area contributed by atoms with Crippen LogP contribution in [0.4, 0.5) is 11.4 Å². The zero-order chi connectivity index (χ0) is 26.0. The second kappa shape index (κ2) is 14.1. The lowest BCUT2D eigenvalue weighted by atomic mass is 10.1. The minimum atomic E-state index is -0.0464. The van der Waals surface area contributed by atoms with Gasteiger partial charge in [-0.1, -0.05) is 48.5 Å². The van der Waals surface area contributed by atoms with E-state index in [4.69, 9.17) is 28.2 Å². The Labute approximate surface area is 231 Å². The van der Waals surface area contributed by atoms with Crippen LogP contribution in [0.5, 0.6) is 0 Å². The third-order valence-electron chi connectivity index (χ3n) is 7.09. The zero-order valence-electron chi connectivity index (χ0n) is 21.8. The van der Waals surface area contributed by atoms with Gasteiger partial charge in [0.15, 0.2) is 0 Å². The molecule has 2 aliphatic heterocycles. The highest BCUT2D eigenvalue weighted by atomic mass is 35.5. The first-order valence-corrected chi connectivity index (χ1v) is 14.3. The average Bonchev–Trinajstić information content (AvgIpc) is 2.85. The molecule has 0 radical (unpaired) electrons. The molecule has 2 saturated heterocycles. The van der Waals surface area contributed by atoms with Crippen LogP contribution in [0.25, 0.3) is 0 Å². The van der Waals surface area contributed by atoms with Gasteiger partial charge in [-0.15, -0.1) is 0 Å². The van der Waals surface area contributed by atoms with E-state index in [9.17, 15) is 4.79 Å². The number of benzene rings is 2. The van der Waals surface area contributed by atoms with Gasteiger partial charge < -0.3 is 15.5 Å². The monoisotopic (exact) mass is 543 g/mol. The summed E-state index contributed by atoms with van der Waals surface area (Å²) in [4.78, 5) is 22.6. The number of nitrogens with zero attached hydrogens (tertiary/aromatic N) is 3. The molecule has 2 fully saturated rings. The van der Waals surface area contributed by atoms with Gasteiger partial charge in [-0.05, 0) is 81.2 Å². The summed E-state index contributed by atoms with van der Waals surface area (Å²) in [5.41, 5.74) is 2.60. The maximum absolute atomic E-state index is 12.5. The number of amidine groups is 1. The van der Waals surface area contributed by atoms with Crippen molar-refractivity contribution in [2.75, 3.05) is 44.6 Å². The number of anilines is 1. The van der Waals surface area contributed by atoms with Crippen molar-refractivity contribution in [3.63, 3.8) is 0 Å². The summed E-state index contributed by atoms with van der Waals surface area (Å²) in [7, 11) is 0. The van der Waals surface area contributed by atoms with Gasteiger partial charge in [-0.2, -0.15) is 0 Å². The topological polar surface area (TPSA) is 60.0 Å². The van der Waals surface area contributed by atoms with E-state index in [0.29, 0.717) is 28.9 Å². The first kappa shape index (κ1) is 27.9. The fourth-order valence-electron chi connectivity index (χ4n) is 5.01. The van der Waals surface area contributed by atoms with Gasteiger partial charge in [-0.25, -0.2) is 4.99 Å². The highest BCUT2D eigenvalue weighted by molar-refractivity contribution is 6.35. The highest BCUT2D eigenvalue weighted by Crippen LogP contribution is 2.23. The van der Waals surface area contributed by atoms with Crippen molar-refractivity contribution in [2.45, 2.75) is 57.9 Å². The number of rotatable bonds is 7. The van der Waals surface area contributed by atoms with Gasteiger partial charge in [0, 0.05) is 47.8 Å². The zero-order valence-corrected chi connectivity index (χ0v) is 23.3. The van der Waals surface area contributed by atoms with E-state index in [1.54, 1.807) is 12.1 Å². The Morgan fingerprint density at radius 2 is 1.76 bits per heavy atom. The smallest absolute Gasteiger partial charge is 0.224 e. The van der Waals surface area contributed by atoms with Crippen LogP contribution in [0.1, 0.15) is 51.0 Å². The number of aliphatic imine (C=N–C) groups is 1. The Hall–Kier alpha value is -2.12. The molecule has 0 spiro atoms. The fraction of sp³-hybridized carbons (Fsp3) is 0.517. The molecular formula is C29H39Cl2N5O. The van der Waals surface area contributed by atoms with Crippen molar-refractivity contribution < 1.29 is 4.79 Å². The lowest BCUT2D eigenvalue weighted by Crippen LogP contribution is -2.53. The summed E-state index contributed by atoms with van der Waals surface area (Å²) >= 11 is 12.2. The Balaban J connectivity index is 1.39.